The van der Waals surface area contributed by atoms with Gasteiger partial charge in [-0.3, -0.25) is 14.5 Å². The monoisotopic (exact) mass is 374 g/mol. The highest BCUT2D eigenvalue weighted by Gasteiger charge is 2.35. The van der Waals surface area contributed by atoms with Crippen LogP contribution in [0.15, 0.2) is 22.7 Å². The summed E-state index contributed by atoms with van der Waals surface area (Å²) in [6, 6.07) is 5.21. The second-order valence-electron chi connectivity index (χ2n) is 5.29. The Kier molecular flexibility index (Phi) is 5.24. The fourth-order valence-corrected chi connectivity index (χ4v) is 3.22. The lowest BCUT2D eigenvalue weighted by Crippen LogP contribution is -2.32. The molecule has 1 aromatic carbocycles. The minimum Gasteiger partial charge on any atom is -0.481 e. The van der Waals surface area contributed by atoms with E-state index in [1.54, 1.807) is 18.2 Å². The van der Waals surface area contributed by atoms with Gasteiger partial charge in [-0.2, -0.15) is 0 Å². The summed E-state index contributed by atoms with van der Waals surface area (Å²) in [5.41, 5.74) is 0.548. The van der Waals surface area contributed by atoms with Crippen LogP contribution in [0.4, 0.5) is 5.69 Å². The minimum atomic E-state index is -0.804. The molecule has 0 aromatic heterocycles. The van der Waals surface area contributed by atoms with Crippen LogP contribution in [0.2, 0.25) is 5.02 Å². The van der Waals surface area contributed by atoms with Crippen molar-refractivity contribution in [1.82, 2.24) is 4.90 Å². The number of halogens is 2. The van der Waals surface area contributed by atoms with E-state index in [-0.39, 0.29) is 18.4 Å². The Hall–Kier alpha value is -1.11. The smallest absolute Gasteiger partial charge is 0.308 e. The molecule has 1 aromatic rings. The molecule has 2 N–H and O–H groups in total. The zero-order valence-corrected chi connectivity index (χ0v) is 13.8. The number of carbonyl (C=O) groups is 2. The first-order valence-electron chi connectivity index (χ1n) is 6.57. The zero-order valence-electron chi connectivity index (χ0n) is 11.5. The van der Waals surface area contributed by atoms with Crippen molar-refractivity contribution in [2.24, 2.45) is 11.8 Å². The Morgan fingerprint density at radius 3 is 2.76 bits per heavy atom. The lowest BCUT2D eigenvalue weighted by Gasteiger charge is -2.15. The molecule has 7 heteroatoms. The van der Waals surface area contributed by atoms with Crippen molar-refractivity contribution in [3.05, 3.63) is 27.7 Å². The van der Waals surface area contributed by atoms with Crippen molar-refractivity contribution in [3.8, 4) is 0 Å². The van der Waals surface area contributed by atoms with E-state index < -0.39 is 11.9 Å². The molecule has 1 aliphatic rings. The minimum absolute atomic E-state index is 0.0477. The van der Waals surface area contributed by atoms with Crippen LogP contribution < -0.4 is 5.32 Å². The SMILES string of the molecule is C[C@@H]1CN(CC(=O)Nc2ccc(Br)cc2Cl)C[C@H]1C(=O)O. The topological polar surface area (TPSA) is 69.6 Å². The van der Waals surface area contributed by atoms with Crippen molar-refractivity contribution in [2.75, 3.05) is 25.0 Å². The Bertz CT molecular complexity index is 567. The number of hydrogen-bond acceptors (Lipinski definition) is 3. The highest BCUT2D eigenvalue weighted by molar-refractivity contribution is 9.10. The van der Waals surface area contributed by atoms with E-state index in [1.165, 1.54) is 0 Å². The molecule has 21 heavy (non-hydrogen) atoms. The van der Waals surface area contributed by atoms with Crippen LogP contribution in [0, 0.1) is 11.8 Å². The van der Waals surface area contributed by atoms with Crippen molar-refractivity contribution in [3.63, 3.8) is 0 Å². The molecule has 5 nitrogen and oxygen atoms in total. The Labute approximate surface area is 136 Å². The number of nitrogens with one attached hydrogen (secondary N) is 1. The third-order valence-corrected chi connectivity index (χ3v) is 4.38. The summed E-state index contributed by atoms with van der Waals surface area (Å²) in [6.45, 7) is 3.07. The number of benzene rings is 1. The van der Waals surface area contributed by atoms with Gasteiger partial charge in [-0.1, -0.05) is 34.5 Å². The van der Waals surface area contributed by atoms with Crippen LogP contribution in [0.1, 0.15) is 6.92 Å². The Morgan fingerprint density at radius 1 is 1.48 bits per heavy atom. The first kappa shape index (κ1) is 16.3. The van der Waals surface area contributed by atoms with Gasteiger partial charge in [0.1, 0.15) is 0 Å². The van der Waals surface area contributed by atoms with Crippen LogP contribution >= 0.6 is 27.5 Å². The number of carbonyl (C=O) groups excluding carboxylic acids is 1. The van der Waals surface area contributed by atoms with Crippen LogP contribution in [0.25, 0.3) is 0 Å². The first-order chi connectivity index (χ1) is 9.86. The van der Waals surface area contributed by atoms with Crippen LogP contribution in [0.5, 0.6) is 0 Å². The van der Waals surface area contributed by atoms with Gasteiger partial charge < -0.3 is 10.4 Å². The van der Waals surface area contributed by atoms with Gasteiger partial charge in [-0.25, -0.2) is 0 Å². The predicted molar refractivity (Wildman–Crippen MR) is 84.5 cm³/mol. The molecular formula is C14H16BrClN2O3. The molecule has 0 bridgehead atoms. The number of carboxylic acid groups (broad SMARTS) is 1. The molecule has 0 saturated carbocycles. The van der Waals surface area contributed by atoms with Gasteiger partial charge in [0, 0.05) is 17.6 Å². The van der Waals surface area contributed by atoms with Gasteiger partial charge in [-0.15, -0.1) is 0 Å². The third-order valence-electron chi connectivity index (χ3n) is 3.58. The molecule has 1 saturated heterocycles. The third kappa shape index (κ3) is 4.18. The summed E-state index contributed by atoms with van der Waals surface area (Å²) in [6.07, 6.45) is 0. The second-order valence-corrected chi connectivity index (χ2v) is 6.61. The molecule has 2 atom stereocenters. The molecule has 114 valence electrons. The fraction of sp³-hybridized carbons (Fsp3) is 0.429. The first-order valence-corrected chi connectivity index (χ1v) is 7.74. The molecule has 0 radical (unpaired) electrons. The highest BCUT2D eigenvalue weighted by Crippen LogP contribution is 2.26. The summed E-state index contributed by atoms with van der Waals surface area (Å²) in [4.78, 5) is 24.9. The molecule has 2 rings (SSSR count). The van der Waals surface area contributed by atoms with E-state index in [4.69, 9.17) is 16.7 Å². The van der Waals surface area contributed by atoms with Gasteiger partial charge >= 0.3 is 5.97 Å². The molecule has 0 unspecified atom stereocenters. The van der Waals surface area contributed by atoms with Gasteiger partial charge in [0.15, 0.2) is 0 Å². The van der Waals surface area contributed by atoms with Crippen molar-refractivity contribution >= 4 is 45.1 Å². The maximum Gasteiger partial charge on any atom is 0.308 e. The van der Waals surface area contributed by atoms with Crippen LogP contribution in [0.3, 0.4) is 0 Å². The van der Waals surface area contributed by atoms with Gasteiger partial charge in [0.2, 0.25) is 5.91 Å². The number of likely N-dealkylation sites (tertiary alicyclic amines) is 1. The normalized spacial score (nSPS) is 22.2. The van der Waals surface area contributed by atoms with E-state index in [0.29, 0.717) is 23.8 Å². The molecule has 0 aliphatic carbocycles. The van der Waals surface area contributed by atoms with Gasteiger partial charge in [0.05, 0.1) is 23.2 Å². The number of hydrogen-bond donors (Lipinski definition) is 2. The summed E-state index contributed by atoms with van der Waals surface area (Å²) < 4.78 is 0.836. The van der Waals surface area contributed by atoms with E-state index >= 15 is 0 Å². The second kappa shape index (κ2) is 6.77. The lowest BCUT2D eigenvalue weighted by atomic mass is 9.99. The summed E-state index contributed by atoms with van der Waals surface area (Å²) in [7, 11) is 0. The van der Waals surface area contributed by atoms with Crippen molar-refractivity contribution in [2.45, 2.75) is 6.92 Å². The number of carboxylic acids is 1. The Balaban J connectivity index is 1.92. The summed E-state index contributed by atoms with van der Waals surface area (Å²) in [5.74, 6) is -1.36. The molecule has 1 amide bonds. The number of anilines is 1. The molecule has 1 aliphatic heterocycles. The van der Waals surface area contributed by atoms with Crippen LogP contribution in [-0.2, 0) is 9.59 Å². The maximum absolute atomic E-state index is 12.0. The van der Waals surface area contributed by atoms with Gasteiger partial charge in [-0.05, 0) is 24.1 Å². The van der Waals surface area contributed by atoms with Crippen LogP contribution in [-0.4, -0.2) is 41.5 Å². The largest absolute Gasteiger partial charge is 0.481 e. The number of aliphatic carboxylic acids is 1. The van der Waals surface area contributed by atoms with Crippen molar-refractivity contribution < 1.29 is 14.7 Å². The molecule has 0 spiro atoms. The molecule has 1 heterocycles. The van der Waals surface area contributed by atoms with E-state index in [2.05, 4.69) is 21.2 Å². The fourth-order valence-electron chi connectivity index (χ4n) is 2.50. The molecular weight excluding hydrogens is 360 g/mol. The van der Waals surface area contributed by atoms with E-state index in [0.717, 1.165) is 4.47 Å². The quantitative estimate of drug-likeness (QED) is 0.849. The maximum atomic E-state index is 12.0. The van der Waals surface area contributed by atoms with Crippen molar-refractivity contribution in [1.29, 1.82) is 0 Å². The van der Waals surface area contributed by atoms with E-state index in [9.17, 15) is 9.59 Å². The Morgan fingerprint density at radius 2 is 2.19 bits per heavy atom. The average molecular weight is 376 g/mol. The van der Waals surface area contributed by atoms with E-state index in [1.807, 2.05) is 11.8 Å². The highest BCUT2D eigenvalue weighted by atomic mass is 79.9. The number of amides is 1. The number of nitrogens with zero attached hydrogens (tertiary/aromatic N) is 1. The standard InChI is InChI=1S/C14H16BrClN2O3/c1-8-5-18(6-10(8)14(20)21)7-13(19)17-12-3-2-9(15)4-11(12)16/h2-4,8,10H,5-7H2,1H3,(H,17,19)(H,20,21)/t8-,10-/m1/s1. The average Bonchev–Trinajstić information content (AvgIpc) is 2.74. The lowest BCUT2D eigenvalue weighted by molar-refractivity contribution is -0.142. The predicted octanol–water partition coefficient (Wildman–Crippen LogP) is 2.69. The number of rotatable bonds is 4. The summed E-state index contributed by atoms with van der Waals surface area (Å²) >= 11 is 9.34. The molecule has 1 fully saturated rings. The summed E-state index contributed by atoms with van der Waals surface area (Å²) in [5, 5.41) is 12.3. The zero-order chi connectivity index (χ0) is 15.6. The van der Waals surface area contributed by atoms with Gasteiger partial charge in [0.25, 0.3) is 0 Å².